The van der Waals surface area contributed by atoms with Crippen LogP contribution < -0.4 is 0 Å². The van der Waals surface area contributed by atoms with Gasteiger partial charge in [-0.2, -0.15) is 9.90 Å². The quantitative estimate of drug-likeness (QED) is 0.346. The maximum atomic E-state index is 9.64. The second-order valence-electron chi connectivity index (χ2n) is 0.984. The summed E-state index contributed by atoms with van der Waals surface area (Å²) in [7, 11) is 0. The summed E-state index contributed by atoms with van der Waals surface area (Å²) in [5.41, 5.74) is 0. The molecule has 0 saturated carbocycles. The second-order valence-corrected chi connectivity index (χ2v) is 0.984. The van der Waals surface area contributed by atoms with Crippen molar-refractivity contribution in [3.05, 3.63) is 0 Å². The molecule has 1 atom stereocenters. The topological polar surface area (TPSA) is 57.5 Å². The van der Waals surface area contributed by atoms with Crippen molar-refractivity contribution in [2.75, 3.05) is 0 Å². The summed E-state index contributed by atoms with van der Waals surface area (Å²) >= 11 is 0. The van der Waals surface area contributed by atoms with E-state index in [0.29, 0.717) is 0 Å². The Labute approximate surface area is 45.0 Å². The Morgan fingerprint density at radius 3 is 1.71 bits per heavy atom. The van der Waals surface area contributed by atoms with E-state index in [0.717, 1.165) is 6.92 Å². The molecular formula is C3H9O3P. The number of ketones is 1. The molecule has 0 spiro atoms. The highest BCUT2D eigenvalue weighted by atomic mass is 31.0. The number of carbonyl (C=O) groups is 1. The summed E-state index contributed by atoms with van der Waals surface area (Å²) in [5.74, 6) is -0.630. The number of aliphatic hydroxyl groups excluding tert-OH is 1. The molecule has 0 aliphatic carbocycles. The van der Waals surface area contributed by atoms with Gasteiger partial charge in [0.1, 0.15) is 0 Å². The summed E-state index contributed by atoms with van der Waals surface area (Å²) in [4.78, 5) is 9.64. The largest absolute Gasteiger partial charge is 0.362 e. The van der Waals surface area contributed by atoms with Gasteiger partial charge in [-0.05, 0) is 6.92 Å². The molecule has 7 heavy (non-hydrogen) atoms. The molecule has 0 radical (unpaired) electrons. The van der Waals surface area contributed by atoms with Crippen molar-refractivity contribution in [3.8, 4) is 0 Å². The van der Waals surface area contributed by atoms with Crippen molar-refractivity contribution in [1.29, 1.82) is 0 Å². The molecule has 0 aromatic carbocycles. The van der Waals surface area contributed by atoms with Gasteiger partial charge in [0.25, 0.3) is 0 Å². The first-order chi connectivity index (χ1) is 2.64. The fourth-order valence-electron chi connectivity index (χ4n) is 0. The second kappa shape index (κ2) is 4.19. The third-order valence-electron chi connectivity index (χ3n) is 0.364. The van der Waals surface area contributed by atoms with Crippen molar-refractivity contribution >= 4 is 15.7 Å². The minimum absolute atomic E-state index is 0. The lowest BCUT2D eigenvalue weighted by Crippen LogP contribution is -2.14. The van der Waals surface area contributed by atoms with Gasteiger partial charge < -0.3 is 10.2 Å². The standard InChI is InChI=1S/C3H6O3.H3P/c1-2(4)3(5)6;/h3,5-6H,1H3;1H3. The predicted molar refractivity (Wildman–Crippen MR) is 30.0 cm³/mol. The van der Waals surface area contributed by atoms with Crippen LogP contribution in [-0.4, -0.2) is 22.3 Å². The highest BCUT2D eigenvalue weighted by molar-refractivity contribution is 6.92. The van der Waals surface area contributed by atoms with E-state index in [-0.39, 0.29) is 9.90 Å². The van der Waals surface area contributed by atoms with Crippen LogP contribution >= 0.6 is 9.90 Å². The lowest BCUT2D eigenvalue weighted by molar-refractivity contribution is -0.142. The van der Waals surface area contributed by atoms with Gasteiger partial charge in [-0.1, -0.05) is 0 Å². The van der Waals surface area contributed by atoms with E-state index in [2.05, 4.69) is 0 Å². The molecule has 0 heterocycles. The highest BCUT2D eigenvalue weighted by Crippen LogP contribution is 1.72. The molecule has 0 fully saturated rings. The Kier molecular flexibility index (Phi) is 6.04. The molecule has 0 aromatic heterocycles. The van der Waals surface area contributed by atoms with Crippen LogP contribution in [0.1, 0.15) is 6.92 Å². The summed E-state index contributed by atoms with van der Waals surface area (Å²) in [5, 5.41) is 15.7. The molecule has 2 N–H and O–H groups in total. The maximum absolute atomic E-state index is 9.64. The minimum atomic E-state index is -1.79. The highest BCUT2D eigenvalue weighted by Gasteiger charge is 1.99. The van der Waals surface area contributed by atoms with E-state index < -0.39 is 12.1 Å². The number of hydrogen-bond acceptors (Lipinski definition) is 3. The Balaban J connectivity index is 0. The predicted octanol–water partition coefficient (Wildman–Crippen LogP) is -1.06. The first-order valence-electron chi connectivity index (χ1n) is 1.51. The van der Waals surface area contributed by atoms with Crippen LogP contribution in [0.3, 0.4) is 0 Å². The number of Topliss-reactive ketones (excluding diaryl/α,β-unsaturated/α-hetero) is 1. The van der Waals surface area contributed by atoms with E-state index >= 15 is 0 Å². The van der Waals surface area contributed by atoms with Crippen LogP contribution in [0.4, 0.5) is 0 Å². The maximum Gasteiger partial charge on any atom is 0.212 e. The van der Waals surface area contributed by atoms with E-state index in [4.69, 9.17) is 10.2 Å². The van der Waals surface area contributed by atoms with E-state index in [1.54, 1.807) is 0 Å². The summed E-state index contributed by atoms with van der Waals surface area (Å²) < 4.78 is 0. The van der Waals surface area contributed by atoms with Gasteiger partial charge in [0.05, 0.1) is 0 Å². The van der Waals surface area contributed by atoms with Crippen LogP contribution in [0.15, 0.2) is 0 Å². The van der Waals surface area contributed by atoms with Crippen LogP contribution in [0, 0.1) is 0 Å². The lowest BCUT2D eigenvalue weighted by Gasteiger charge is -1.90. The van der Waals surface area contributed by atoms with Gasteiger partial charge >= 0.3 is 0 Å². The molecule has 0 aliphatic rings. The molecule has 44 valence electrons. The Hall–Kier alpha value is 0.0200. The molecule has 0 aliphatic heterocycles. The normalized spacial score (nSPS) is 8.00. The molecule has 1 unspecified atom stereocenters. The van der Waals surface area contributed by atoms with E-state index in [9.17, 15) is 4.79 Å². The Morgan fingerprint density at radius 1 is 1.57 bits per heavy atom. The molecule has 0 aromatic rings. The van der Waals surface area contributed by atoms with Gasteiger partial charge in [-0.25, -0.2) is 0 Å². The van der Waals surface area contributed by atoms with Gasteiger partial charge in [0.2, 0.25) is 6.29 Å². The Morgan fingerprint density at radius 2 is 1.71 bits per heavy atom. The summed E-state index contributed by atoms with van der Waals surface area (Å²) in [6, 6.07) is 0. The van der Waals surface area contributed by atoms with Crippen molar-refractivity contribution < 1.29 is 15.0 Å². The van der Waals surface area contributed by atoms with E-state index in [1.807, 2.05) is 0 Å². The average Bonchev–Trinajstić information content (AvgIpc) is 1.36. The first kappa shape index (κ1) is 10.1. The monoisotopic (exact) mass is 124 g/mol. The summed E-state index contributed by atoms with van der Waals surface area (Å²) in [6.07, 6.45) is -1.79. The van der Waals surface area contributed by atoms with Crippen molar-refractivity contribution in [2.24, 2.45) is 0 Å². The zero-order chi connectivity index (χ0) is 5.15. The van der Waals surface area contributed by atoms with Crippen LogP contribution in [0.2, 0.25) is 0 Å². The zero-order valence-electron chi connectivity index (χ0n) is 4.09. The number of rotatable bonds is 1. The fraction of sp³-hybridized carbons (Fsp3) is 0.667. The zero-order valence-corrected chi connectivity index (χ0v) is 5.50. The number of aliphatic hydroxyl groups is 2. The smallest absolute Gasteiger partial charge is 0.212 e. The van der Waals surface area contributed by atoms with Gasteiger partial charge in [-0.15, -0.1) is 0 Å². The minimum Gasteiger partial charge on any atom is -0.362 e. The first-order valence-corrected chi connectivity index (χ1v) is 1.51. The fourth-order valence-corrected chi connectivity index (χ4v) is 0. The van der Waals surface area contributed by atoms with Gasteiger partial charge in [-0.3, -0.25) is 4.79 Å². The SMILES string of the molecule is CC(=O)C(O)O.P. The molecule has 3 nitrogen and oxygen atoms in total. The third-order valence-corrected chi connectivity index (χ3v) is 0.364. The van der Waals surface area contributed by atoms with Gasteiger partial charge in [0, 0.05) is 0 Å². The number of carbonyl (C=O) groups excluding carboxylic acids is 1. The molecule has 4 heteroatoms. The van der Waals surface area contributed by atoms with Crippen LogP contribution in [0.25, 0.3) is 0 Å². The number of hydrogen-bond donors (Lipinski definition) is 2. The lowest BCUT2D eigenvalue weighted by atomic mass is 10.4. The van der Waals surface area contributed by atoms with E-state index in [1.165, 1.54) is 0 Å². The average molecular weight is 124 g/mol. The summed E-state index contributed by atoms with van der Waals surface area (Å²) in [6.45, 7) is 1.10. The third kappa shape index (κ3) is 6.02. The van der Waals surface area contributed by atoms with Crippen molar-refractivity contribution in [1.82, 2.24) is 0 Å². The molecule has 0 amide bonds. The van der Waals surface area contributed by atoms with Crippen LogP contribution in [-0.2, 0) is 4.79 Å². The molecule has 0 rings (SSSR count). The molecule has 0 bridgehead atoms. The Bertz CT molecular complexity index is 61.2. The van der Waals surface area contributed by atoms with Crippen molar-refractivity contribution in [2.45, 2.75) is 13.2 Å². The van der Waals surface area contributed by atoms with Crippen LogP contribution in [0.5, 0.6) is 0 Å². The van der Waals surface area contributed by atoms with Gasteiger partial charge in [0.15, 0.2) is 5.78 Å². The van der Waals surface area contributed by atoms with Crippen molar-refractivity contribution in [3.63, 3.8) is 0 Å². The molecule has 0 saturated heterocycles. The molecular weight excluding hydrogens is 115 g/mol.